The van der Waals surface area contributed by atoms with Gasteiger partial charge in [0.15, 0.2) is 0 Å². The average Bonchev–Trinajstić information content (AvgIpc) is 2.80. The lowest BCUT2D eigenvalue weighted by atomic mass is 9.94. The summed E-state index contributed by atoms with van der Waals surface area (Å²) in [4.78, 5) is 28.8. The number of fused-ring (bicyclic) bond motifs is 1. The van der Waals surface area contributed by atoms with Crippen LogP contribution in [-0.2, 0) is 17.7 Å². The molecule has 0 spiro atoms. The number of amides is 2. The maximum absolute atomic E-state index is 12.6. The molecule has 0 saturated carbocycles. The van der Waals surface area contributed by atoms with E-state index < -0.39 is 0 Å². The van der Waals surface area contributed by atoms with Crippen molar-refractivity contribution in [2.45, 2.75) is 32.7 Å². The number of hydrogen-bond acceptors (Lipinski definition) is 4. The predicted octanol–water partition coefficient (Wildman–Crippen LogP) is 4.17. The number of piperidine rings is 1. The lowest BCUT2D eigenvalue weighted by Gasteiger charge is -2.36. The van der Waals surface area contributed by atoms with Crippen molar-refractivity contribution >= 4 is 17.7 Å². The van der Waals surface area contributed by atoms with E-state index in [1.807, 2.05) is 4.90 Å². The second-order valence-electron chi connectivity index (χ2n) is 8.41. The van der Waals surface area contributed by atoms with Crippen LogP contribution in [0, 0.1) is 5.92 Å². The topological polar surface area (TPSA) is 61.9 Å². The first-order chi connectivity index (χ1) is 15.1. The fourth-order valence-corrected chi connectivity index (χ4v) is 4.50. The molecule has 6 heteroatoms. The molecule has 4 rings (SSSR count). The summed E-state index contributed by atoms with van der Waals surface area (Å²) in [5.41, 5.74) is 4.12. The van der Waals surface area contributed by atoms with E-state index in [4.69, 9.17) is 4.74 Å². The normalized spacial score (nSPS) is 17.1. The fraction of sp³-hybridized carbons (Fsp3) is 0.440. The Balaban J connectivity index is 1.22. The minimum absolute atomic E-state index is 0.0748. The Bertz CT molecular complexity index is 904. The van der Waals surface area contributed by atoms with Crippen LogP contribution in [0.5, 0.6) is 0 Å². The summed E-state index contributed by atoms with van der Waals surface area (Å²) < 4.78 is 4.99. The van der Waals surface area contributed by atoms with Crippen LogP contribution < -0.4 is 5.32 Å². The van der Waals surface area contributed by atoms with Gasteiger partial charge in [-0.3, -0.25) is 4.90 Å². The molecule has 0 unspecified atom stereocenters. The molecule has 2 aromatic rings. The van der Waals surface area contributed by atoms with Gasteiger partial charge in [0.1, 0.15) is 0 Å². The number of hydrogen-bond donors (Lipinski definition) is 1. The average molecular weight is 422 g/mol. The van der Waals surface area contributed by atoms with E-state index in [-0.39, 0.29) is 12.0 Å². The zero-order valence-corrected chi connectivity index (χ0v) is 18.2. The molecule has 164 valence electrons. The summed E-state index contributed by atoms with van der Waals surface area (Å²) in [7, 11) is 0. The molecule has 0 bridgehead atoms. The summed E-state index contributed by atoms with van der Waals surface area (Å²) >= 11 is 0. The number of nitrogens with one attached hydrogen (secondary N) is 1. The van der Waals surface area contributed by atoms with E-state index >= 15 is 0 Å². The minimum atomic E-state index is -0.348. The SMILES string of the molecule is CCOC(=O)c1ccc(NC(=O)N2CCC(CN3CCc4ccccc4C3)CC2)cc1. The van der Waals surface area contributed by atoms with Crippen LogP contribution in [0.1, 0.15) is 41.3 Å². The number of anilines is 1. The van der Waals surface area contributed by atoms with Gasteiger partial charge in [-0.25, -0.2) is 9.59 Å². The highest BCUT2D eigenvalue weighted by Gasteiger charge is 2.25. The quantitative estimate of drug-likeness (QED) is 0.737. The Morgan fingerprint density at radius 1 is 1.00 bits per heavy atom. The van der Waals surface area contributed by atoms with Gasteiger partial charge in [0.25, 0.3) is 0 Å². The van der Waals surface area contributed by atoms with Crippen LogP contribution >= 0.6 is 0 Å². The van der Waals surface area contributed by atoms with Gasteiger partial charge in [-0.1, -0.05) is 24.3 Å². The Labute approximate surface area is 184 Å². The highest BCUT2D eigenvalue weighted by atomic mass is 16.5. The standard InChI is InChI=1S/C25H31N3O3/c1-2-31-24(29)21-7-9-23(10-8-21)26-25(30)28-15-11-19(12-16-28)17-27-14-13-20-5-3-4-6-22(20)18-27/h3-10,19H,2,11-18H2,1H3,(H,26,30). The Morgan fingerprint density at radius 3 is 2.42 bits per heavy atom. The summed E-state index contributed by atoms with van der Waals surface area (Å²) in [6.07, 6.45) is 3.20. The second-order valence-corrected chi connectivity index (χ2v) is 8.41. The third kappa shape index (κ3) is 5.44. The zero-order chi connectivity index (χ0) is 21.6. The number of carbonyl (C=O) groups excluding carboxylic acids is 2. The van der Waals surface area contributed by atoms with Gasteiger partial charge in [-0.15, -0.1) is 0 Å². The van der Waals surface area contributed by atoms with Crippen LogP contribution in [0.15, 0.2) is 48.5 Å². The Hall–Kier alpha value is -2.86. The largest absolute Gasteiger partial charge is 0.462 e. The van der Waals surface area contributed by atoms with Gasteiger partial charge in [0, 0.05) is 38.4 Å². The van der Waals surface area contributed by atoms with E-state index in [2.05, 4.69) is 34.5 Å². The summed E-state index contributed by atoms with van der Waals surface area (Å²) in [6.45, 7) is 6.96. The molecule has 2 amide bonds. The molecule has 2 aliphatic heterocycles. The first kappa shape index (κ1) is 21.4. The Morgan fingerprint density at radius 2 is 1.71 bits per heavy atom. The van der Waals surface area contributed by atoms with Crippen molar-refractivity contribution in [2.24, 2.45) is 5.92 Å². The van der Waals surface area contributed by atoms with E-state index in [1.165, 1.54) is 11.1 Å². The predicted molar refractivity (Wildman–Crippen MR) is 121 cm³/mol. The van der Waals surface area contributed by atoms with Crippen molar-refractivity contribution in [2.75, 3.05) is 38.1 Å². The molecule has 2 aromatic carbocycles. The lowest BCUT2D eigenvalue weighted by Crippen LogP contribution is -2.44. The number of urea groups is 1. The lowest BCUT2D eigenvalue weighted by molar-refractivity contribution is 0.0526. The molecule has 1 fully saturated rings. The Kier molecular flexibility index (Phi) is 6.87. The smallest absolute Gasteiger partial charge is 0.338 e. The molecule has 1 N–H and O–H groups in total. The molecule has 31 heavy (non-hydrogen) atoms. The van der Waals surface area contributed by atoms with Crippen LogP contribution in [0.2, 0.25) is 0 Å². The van der Waals surface area contributed by atoms with Crippen LogP contribution in [0.3, 0.4) is 0 Å². The molecule has 0 aliphatic carbocycles. The van der Waals surface area contributed by atoms with E-state index in [1.54, 1.807) is 31.2 Å². The molecule has 2 aliphatic rings. The van der Waals surface area contributed by atoms with Gasteiger partial charge in [0.2, 0.25) is 0 Å². The number of esters is 1. The maximum Gasteiger partial charge on any atom is 0.338 e. The first-order valence-corrected chi connectivity index (χ1v) is 11.2. The van der Waals surface area contributed by atoms with Gasteiger partial charge < -0.3 is 15.0 Å². The van der Waals surface area contributed by atoms with Crippen LogP contribution in [0.25, 0.3) is 0 Å². The second kappa shape index (κ2) is 9.96. The molecular formula is C25H31N3O3. The summed E-state index contributed by atoms with van der Waals surface area (Å²) in [5.74, 6) is 0.290. The third-order valence-electron chi connectivity index (χ3n) is 6.28. The molecule has 6 nitrogen and oxygen atoms in total. The van der Waals surface area contributed by atoms with Crippen LogP contribution in [0.4, 0.5) is 10.5 Å². The number of carbonyl (C=O) groups is 2. The van der Waals surface area contributed by atoms with Crippen molar-refractivity contribution < 1.29 is 14.3 Å². The van der Waals surface area contributed by atoms with Crippen LogP contribution in [-0.4, -0.2) is 54.6 Å². The minimum Gasteiger partial charge on any atom is -0.462 e. The van der Waals surface area contributed by atoms with Gasteiger partial charge in [-0.2, -0.15) is 0 Å². The molecule has 0 atom stereocenters. The van der Waals surface area contributed by atoms with Gasteiger partial charge >= 0.3 is 12.0 Å². The molecule has 0 radical (unpaired) electrons. The number of benzene rings is 2. The highest BCUT2D eigenvalue weighted by Crippen LogP contribution is 2.24. The van der Waals surface area contributed by atoms with Gasteiger partial charge in [0.05, 0.1) is 12.2 Å². The molecule has 0 aromatic heterocycles. The number of rotatable bonds is 5. The molecule has 1 saturated heterocycles. The van der Waals surface area contributed by atoms with Crippen molar-refractivity contribution in [3.63, 3.8) is 0 Å². The zero-order valence-electron chi connectivity index (χ0n) is 18.2. The van der Waals surface area contributed by atoms with E-state index in [0.29, 0.717) is 23.8 Å². The van der Waals surface area contributed by atoms with Crippen molar-refractivity contribution in [3.05, 3.63) is 65.2 Å². The third-order valence-corrected chi connectivity index (χ3v) is 6.28. The number of likely N-dealkylation sites (tertiary alicyclic amines) is 1. The molecule has 2 heterocycles. The monoisotopic (exact) mass is 421 g/mol. The van der Waals surface area contributed by atoms with Crippen molar-refractivity contribution in [1.82, 2.24) is 9.80 Å². The van der Waals surface area contributed by atoms with E-state index in [9.17, 15) is 9.59 Å². The summed E-state index contributed by atoms with van der Waals surface area (Å²) in [6, 6.07) is 15.5. The fourth-order valence-electron chi connectivity index (χ4n) is 4.50. The first-order valence-electron chi connectivity index (χ1n) is 11.2. The number of ether oxygens (including phenoxy) is 1. The van der Waals surface area contributed by atoms with Crippen molar-refractivity contribution in [3.8, 4) is 0 Å². The van der Waals surface area contributed by atoms with E-state index in [0.717, 1.165) is 52.0 Å². The molecular weight excluding hydrogens is 390 g/mol. The van der Waals surface area contributed by atoms with Crippen molar-refractivity contribution in [1.29, 1.82) is 0 Å². The highest BCUT2D eigenvalue weighted by molar-refractivity contribution is 5.92. The number of nitrogens with zero attached hydrogens (tertiary/aromatic N) is 2. The van der Waals surface area contributed by atoms with Gasteiger partial charge in [-0.05, 0) is 67.5 Å². The maximum atomic E-state index is 12.6. The summed E-state index contributed by atoms with van der Waals surface area (Å²) in [5, 5.41) is 2.94.